The lowest BCUT2D eigenvalue weighted by Crippen LogP contribution is -1.81. The monoisotopic (exact) mass is 326 g/mol. The van der Waals surface area contributed by atoms with E-state index < -0.39 is 0 Å². The van der Waals surface area contributed by atoms with Gasteiger partial charge in [0.05, 0.1) is 6.26 Å². The summed E-state index contributed by atoms with van der Waals surface area (Å²) in [5.74, 6) is 0. The minimum Gasteiger partial charge on any atom is -0.454 e. The Kier molecular flexibility index (Phi) is 3.03. The van der Waals surface area contributed by atoms with E-state index in [9.17, 15) is 0 Å². The SMILES string of the molecule is c1ccc(-c2cccc(-c3ccc4sc5occc5c4c3)c2)cc1. The molecular weight excluding hydrogens is 312 g/mol. The van der Waals surface area contributed by atoms with Crippen LogP contribution in [0.3, 0.4) is 0 Å². The Morgan fingerprint density at radius 3 is 2.21 bits per heavy atom. The third-order valence-electron chi connectivity index (χ3n) is 4.41. The smallest absolute Gasteiger partial charge is 0.188 e. The largest absolute Gasteiger partial charge is 0.454 e. The maximum Gasteiger partial charge on any atom is 0.188 e. The van der Waals surface area contributed by atoms with Crippen molar-refractivity contribution in [2.45, 2.75) is 0 Å². The van der Waals surface area contributed by atoms with Gasteiger partial charge in [-0.25, -0.2) is 0 Å². The molecule has 0 aliphatic carbocycles. The summed E-state index contributed by atoms with van der Waals surface area (Å²) >= 11 is 1.71. The molecule has 2 heterocycles. The molecule has 0 aliphatic rings. The van der Waals surface area contributed by atoms with Gasteiger partial charge in [-0.05, 0) is 46.5 Å². The van der Waals surface area contributed by atoms with Crippen LogP contribution < -0.4 is 0 Å². The first-order valence-corrected chi connectivity index (χ1v) is 8.76. The van der Waals surface area contributed by atoms with Crippen molar-refractivity contribution in [1.82, 2.24) is 0 Å². The van der Waals surface area contributed by atoms with E-state index in [2.05, 4.69) is 72.8 Å². The van der Waals surface area contributed by atoms with Crippen LogP contribution >= 0.6 is 11.3 Å². The molecule has 0 saturated carbocycles. The Hall–Kier alpha value is -2.84. The summed E-state index contributed by atoms with van der Waals surface area (Å²) in [6, 6.07) is 27.9. The molecule has 24 heavy (non-hydrogen) atoms. The zero-order valence-electron chi connectivity index (χ0n) is 12.9. The van der Waals surface area contributed by atoms with Gasteiger partial charge in [-0.2, -0.15) is 0 Å². The summed E-state index contributed by atoms with van der Waals surface area (Å²) in [6.45, 7) is 0. The maximum absolute atomic E-state index is 5.54. The molecule has 3 aromatic carbocycles. The molecule has 0 unspecified atom stereocenters. The number of thiophene rings is 1. The molecule has 5 aromatic rings. The van der Waals surface area contributed by atoms with Crippen LogP contribution in [-0.4, -0.2) is 0 Å². The Morgan fingerprint density at radius 1 is 0.583 bits per heavy atom. The molecule has 2 heteroatoms. The number of benzene rings is 3. The third-order valence-corrected chi connectivity index (χ3v) is 5.48. The average molecular weight is 326 g/mol. The standard InChI is InChI=1S/C22H14OS/c1-2-5-15(6-3-1)16-7-4-8-17(13-16)18-9-10-21-20(14-18)19-11-12-23-22(19)24-21/h1-14H. The highest BCUT2D eigenvalue weighted by molar-refractivity contribution is 7.25. The maximum atomic E-state index is 5.54. The normalized spacial score (nSPS) is 11.3. The minimum absolute atomic E-state index is 1.00. The summed E-state index contributed by atoms with van der Waals surface area (Å²) in [5.41, 5.74) is 4.96. The van der Waals surface area contributed by atoms with E-state index in [1.54, 1.807) is 17.6 Å². The fourth-order valence-electron chi connectivity index (χ4n) is 3.19. The van der Waals surface area contributed by atoms with Crippen LogP contribution in [0, 0.1) is 0 Å². The van der Waals surface area contributed by atoms with Crippen molar-refractivity contribution in [3.63, 3.8) is 0 Å². The second-order valence-corrected chi connectivity index (χ2v) is 6.90. The first-order valence-electron chi connectivity index (χ1n) is 7.94. The van der Waals surface area contributed by atoms with Crippen molar-refractivity contribution in [1.29, 1.82) is 0 Å². The first-order chi connectivity index (χ1) is 11.9. The van der Waals surface area contributed by atoms with Gasteiger partial charge in [-0.1, -0.05) is 65.9 Å². The number of rotatable bonds is 2. The molecule has 0 radical (unpaired) electrons. The quantitative estimate of drug-likeness (QED) is 0.341. The molecule has 0 aliphatic heterocycles. The van der Waals surface area contributed by atoms with Crippen LogP contribution in [0.2, 0.25) is 0 Å². The summed E-state index contributed by atoms with van der Waals surface area (Å²) in [5, 5.41) is 2.47. The predicted octanol–water partition coefficient (Wildman–Crippen LogP) is 6.98. The second-order valence-electron chi connectivity index (χ2n) is 5.88. The lowest BCUT2D eigenvalue weighted by Gasteiger charge is -2.06. The van der Waals surface area contributed by atoms with Gasteiger partial charge in [-0.15, -0.1) is 0 Å². The fraction of sp³-hybridized carbons (Fsp3) is 0. The Labute approximate surface area is 143 Å². The van der Waals surface area contributed by atoms with E-state index in [4.69, 9.17) is 4.42 Å². The van der Waals surface area contributed by atoms with Crippen LogP contribution in [0.1, 0.15) is 0 Å². The van der Waals surface area contributed by atoms with Gasteiger partial charge in [-0.3, -0.25) is 0 Å². The van der Waals surface area contributed by atoms with Crippen molar-refractivity contribution in [3.8, 4) is 22.3 Å². The molecule has 5 rings (SSSR count). The van der Waals surface area contributed by atoms with Crippen LogP contribution in [0.4, 0.5) is 0 Å². The topological polar surface area (TPSA) is 13.1 Å². The predicted molar refractivity (Wildman–Crippen MR) is 102 cm³/mol. The van der Waals surface area contributed by atoms with Crippen LogP contribution in [0.5, 0.6) is 0 Å². The van der Waals surface area contributed by atoms with E-state index in [0.29, 0.717) is 0 Å². The summed E-state index contributed by atoms with van der Waals surface area (Å²) < 4.78 is 6.81. The Morgan fingerprint density at radius 2 is 1.33 bits per heavy atom. The first kappa shape index (κ1) is 13.6. The van der Waals surface area contributed by atoms with Crippen molar-refractivity contribution >= 4 is 31.7 Å². The summed E-state index contributed by atoms with van der Waals surface area (Å²) in [7, 11) is 0. The molecule has 114 valence electrons. The van der Waals surface area contributed by atoms with Gasteiger partial charge in [0.15, 0.2) is 4.90 Å². The van der Waals surface area contributed by atoms with Crippen LogP contribution in [-0.2, 0) is 0 Å². The number of fused-ring (bicyclic) bond motifs is 3. The fourth-order valence-corrected chi connectivity index (χ4v) is 4.20. The Bertz CT molecular complexity index is 1150. The highest BCUT2D eigenvalue weighted by atomic mass is 32.1. The van der Waals surface area contributed by atoms with E-state index >= 15 is 0 Å². The number of hydrogen-bond acceptors (Lipinski definition) is 2. The van der Waals surface area contributed by atoms with Gasteiger partial charge < -0.3 is 4.42 Å². The Balaban J connectivity index is 1.66. The highest BCUT2D eigenvalue weighted by Crippen LogP contribution is 2.37. The minimum atomic E-state index is 1.00. The van der Waals surface area contributed by atoms with Crippen molar-refractivity contribution < 1.29 is 4.42 Å². The van der Waals surface area contributed by atoms with Crippen molar-refractivity contribution in [2.75, 3.05) is 0 Å². The number of furan rings is 1. The van der Waals surface area contributed by atoms with E-state index in [1.165, 1.54) is 37.7 Å². The van der Waals surface area contributed by atoms with Crippen molar-refractivity contribution in [2.24, 2.45) is 0 Å². The molecule has 0 N–H and O–H groups in total. The average Bonchev–Trinajstić information content (AvgIpc) is 3.23. The van der Waals surface area contributed by atoms with Crippen molar-refractivity contribution in [3.05, 3.63) is 85.1 Å². The molecule has 0 saturated heterocycles. The van der Waals surface area contributed by atoms with Crippen LogP contribution in [0.25, 0.3) is 42.6 Å². The van der Waals surface area contributed by atoms with E-state index in [-0.39, 0.29) is 0 Å². The second kappa shape index (κ2) is 5.36. The molecule has 0 spiro atoms. The van der Waals surface area contributed by atoms with Crippen LogP contribution in [0.15, 0.2) is 89.5 Å². The zero-order chi connectivity index (χ0) is 15.9. The molecule has 0 atom stereocenters. The van der Waals surface area contributed by atoms with Gasteiger partial charge in [0.25, 0.3) is 0 Å². The van der Waals surface area contributed by atoms with Gasteiger partial charge >= 0.3 is 0 Å². The van der Waals surface area contributed by atoms with E-state index in [1.807, 2.05) is 6.07 Å². The van der Waals surface area contributed by atoms with Gasteiger partial charge in [0, 0.05) is 15.5 Å². The number of hydrogen-bond donors (Lipinski definition) is 0. The third kappa shape index (κ3) is 2.15. The molecule has 0 amide bonds. The summed E-state index contributed by atoms with van der Waals surface area (Å²) in [6.07, 6.45) is 1.77. The van der Waals surface area contributed by atoms with Gasteiger partial charge in [0.2, 0.25) is 0 Å². The molecule has 0 bridgehead atoms. The summed E-state index contributed by atoms with van der Waals surface area (Å²) in [4.78, 5) is 1.00. The molecule has 0 fully saturated rings. The van der Waals surface area contributed by atoms with Gasteiger partial charge in [0.1, 0.15) is 0 Å². The molecule has 2 aromatic heterocycles. The zero-order valence-corrected chi connectivity index (χ0v) is 13.7. The highest BCUT2D eigenvalue weighted by Gasteiger charge is 2.09. The lowest BCUT2D eigenvalue weighted by atomic mass is 9.98. The molecular formula is C22H14OS. The van der Waals surface area contributed by atoms with E-state index in [0.717, 1.165) is 4.90 Å². The molecule has 1 nitrogen and oxygen atoms in total. The lowest BCUT2D eigenvalue weighted by molar-refractivity contribution is 0.624.